The predicted molar refractivity (Wildman–Crippen MR) is 120 cm³/mol. The fourth-order valence-corrected chi connectivity index (χ4v) is 2.91. The van der Waals surface area contributed by atoms with Gasteiger partial charge in [-0.05, 0) is 43.2 Å². The van der Waals surface area contributed by atoms with Crippen LogP contribution in [0.4, 0.5) is 5.82 Å². The van der Waals surface area contributed by atoms with Crippen molar-refractivity contribution < 1.29 is 9.59 Å². The average Bonchev–Trinajstić information content (AvgIpc) is 3.37. The smallest absolute Gasteiger partial charge is 0.271 e. The molecule has 10 heteroatoms. The van der Waals surface area contributed by atoms with E-state index in [4.69, 9.17) is 17.2 Å². The first-order valence-corrected chi connectivity index (χ1v) is 9.39. The number of nitrogen functional groups attached to an aromatic ring is 1. The van der Waals surface area contributed by atoms with E-state index in [9.17, 15) is 9.59 Å². The molecular weight excluding hydrogens is 396 g/mol. The summed E-state index contributed by atoms with van der Waals surface area (Å²) in [5, 5.41) is 5.12. The van der Waals surface area contributed by atoms with Gasteiger partial charge in [-0.1, -0.05) is 6.07 Å². The highest BCUT2D eigenvalue weighted by molar-refractivity contribution is 5.95. The van der Waals surface area contributed by atoms with E-state index in [2.05, 4.69) is 59.9 Å². The van der Waals surface area contributed by atoms with Gasteiger partial charge in [-0.3, -0.25) is 14.3 Å². The molecule has 0 saturated heterocycles. The van der Waals surface area contributed by atoms with Crippen LogP contribution >= 0.6 is 0 Å². The largest absolute Gasteiger partial charge is 0.383 e. The zero-order chi connectivity index (χ0) is 23.3. The van der Waals surface area contributed by atoms with E-state index in [0.29, 0.717) is 11.5 Å². The lowest BCUT2D eigenvalue weighted by atomic mass is 10.1. The third kappa shape index (κ3) is 5.72. The van der Waals surface area contributed by atoms with E-state index in [1.807, 2.05) is 0 Å². The summed E-state index contributed by atoms with van der Waals surface area (Å²) in [6, 6.07) is 8.19. The molecule has 3 aromatic heterocycles. The SMILES string of the molecule is Cc1cc(C)c2ccn(C)c2c1.Cn1ccc(C(N)=O)n1.Cn1cnc(C(N)=O)c1N. The molecule has 2 amide bonds. The number of nitrogens with zero attached hydrogens (tertiary/aromatic N) is 5. The minimum absolute atomic E-state index is 0.127. The number of hydrogen-bond donors (Lipinski definition) is 3. The van der Waals surface area contributed by atoms with E-state index in [1.54, 1.807) is 26.4 Å². The standard InChI is InChI=1S/C11H13N.C5H8N4O.C5H7N3O/c1-8-6-9(2)10-4-5-12(3)11(10)7-8;1-9-2-8-3(4(9)6)5(7)10;1-8-3-2-4(7-8)5(6)9/h4-7H,1-3H3;2H,6H2,1H3,(H2,7,10);2-3H,1H3,(H2,6,9). The molecule has 4 aromatic rings. The van der Waals surface area contributed by atoms with Crippen molar-refractivity contribution in [3.63, 3.8) is 0 Å². The van der Waals surface area contributed by atoms with Crippen LogP contribution < -0.4 is 17.2 Å². The Morgan fingerprint density at radius 1 is 0.935 bits per heavy atom. The van der Waals surface area contributed by atoms with Crippen LogP contribution in [0.15, 0.2) is 43.0 Å². The van der Waals surface area contributed by atoms with Crippen molar-refractivity contribution in [1.82, 2.24) is 23.9 Å². The Hall–Kier alpha value is -4.08. The van der Waals surface area contributed by atoms with Gasteiger partial charge in [0, 0.05) is 44.4 Å². The van der Waals surface area contributed by atoms with Gasteiger partial charge in [0.1, 0.15) is 11.5 Å². The minimum Gasteiger partial charge on any atom is -0.383 e. The summed E-state index contributed by atoms with van der Waals surface area (Å²) in [4.78, 5) is 24.5. The summed E-state index contributed by atoms with van der Waals surface area (Å²) < 4.78 is 5.22. The third-order valence-electron chi connectivity index (χ3n) is 4.54. The molecule has 10 nitrogen and oxygen atoms in total. The highest BCUT2D eigenvalue weighted by atomic mass is 16.1. The van der Waals surface area contributed by atoms with E-state index in [0.717, 1.165) is 0 Å². The van der Waals surface area contributed by atoms with Crippen molar-refractivity contribution in [1.29, 1.82) is 0 Å². The third-order valence-corrected chi connectivity index (χ3v) is 4.54. The van der Waals surface area contributed by atoms with Gasteiger partial charge in [0.15, 0.2) is 5.69 Å². The molecule has 1 aromatic carbocycles. The van der Waals surface area contributed by atoms with Gasteiger partial charge in [0.05, 0.1) is 6.33 Å². The molecule has 3 heterocycles. The van der Waals surface area contributed by atoms with E-state index in [-0.39, 0.29) is 5.69 Å². The topological polar surface area (TPSA) is 153 Å². The van der Waals surface area contributed by atoms with Crippen LogP contribution in [0.5, 0.6) is 0 Å². The first-order chi connectivity index (χ1) is 14.5. The van der Waals surface area contributed by atoms with Crippen molar-refractivity contribution in [3.8, 4) is 0 Å². The monoisotopic (exact) mass is 424 g/mol. The first-order valence-electron chi connectivity index (χ1n) is 9.39. The van der Waals surface area contributed by atoms with Gasteiger partial charge in [-0.25, -0.2) is 4.98 Å². The molecule has 4 rings (SSSR count). The second-order valence-corrected chi connectivity index (χ2v) is 7.13. The first kappa shape index (κ1) is 23.2. The molecule has 0 spiro atoms. The lowest BCUT2D eigenvalue weighted by Crippen LogP contribution is -2.14. The summed E-state index contributed by atoms with van der Waals surface area (Å²) >= 11 is 0. The number of carbonyl (C=O) groups excluding carboxylic acids is 2. The highest BCUT2D eigenvalue weighted by Gasteiger charge is 2.09. The summed E-state index contributed by atoms with van der Waals surface area (Å²) in [5.41, 5.74) is 19.7. The molecule has 0 fully saturated rings. The van der Waals surface area contributed by atoms with Crippen molar-refractivity contribution in [2.45, 2.75) is 13.8 Å². The van der Waals surface area contributed by atoms with Crippen LogP contribution in [0, 0.1) is 13.8 Å². The number of fused-ring (bicyclic) bond motifs is 1. The maximum atomic E-state index is 10.5. The number of amides is 2. The lowest BCUT2D eigenvalue weighted by Gasteiger charge is -2.01. The fourth-order valence-electron chi connectivity index (χ4n) is 2.91. The molecule has 164 valence electrons. The maximum absolute atomic E-state index is 10.5. The Labute approximate surface area is 180 Å². The summed E-state index contributed by atoms with van der Waals surface area (Å²) in [6.45, 7) is 4.30. The Bertz CT molecular complexity index is 1220. The lowest BCUT2D eigenvalue weighted by molar-refractivity contribution is 0.0987. The van der Waals surface area contributed by atoms with Gasteiger partial charge < -0.3 is 26.3 Å². The zero-order valence-electron chi connectivity index (χ0n) is 18.3. The maximum Gasteiger partial charge on any atom is 0.271 e. The number of imidazole rings is 1. The summed E-state index contributed by atoms with van der Waals surface area (Å²) in [6.07, 6.45) is 5.21. The molecule has 0 radical (unpaired) electrons. The number of benzene rings is 1. The van der Waals surface area contributed by atoms with Gasteiger partial charge >= 0.3 is 0 Å². The predicted octanol–water partition coefficient (Wildman–Crippen LogP) is 1.42. The van der Waals surface area contributed by atoms with E-state index >= 15 is 0 Å². The number of primary amides is 2. The molecule has 31 heavy (non-hydrogen) atoms. The van der Waals surface area contributed by atoms with E-state index < -0.39 is 11.8 Å². The highest BCUT2D eigenvalue weighted by Crippen LogP contribution is 2.20. The van der Waals surface area contributed by atoms with Crippen LogP contribution in [-0.4, -0.2) is 35.7 Å². The van der Waals surface area contributed by atoms with Crippen LogP contribution in [0.25, 0.3) is 10.9 Å². The molecule has 0 aliphatic heterocycles. The molecule has 6 N–H and O–H groups in total. The van der Waals surface area contributed by atoms with Crippen LogP contribution in [0.2, 0.25) is 0 Å². The number of nitrogens with two attached hydrogens (primary N) is 3. The van der Waals surface area contributed by atoms with Crippen molar-refractivity contribution in [2.75, 3.05) is 5.73 Å². The number of anilines is 1. The molecule has 0 atom stereocenters. The molecule has 0 bridgehead atoms. The Balaban J connectivity index is 0.000000167. The van der Waals surface area contributed by atoms with Gasteiger partial charge in [-0.2, -0.15) is 5.10 Å². The molecular formula is C21H28N8O2. The van der Waals surface area contributed by atoms with E-state index in [1.165, 1.54) is 37.6 Å². The molecule has 0 aliphatic rings. The quantitative estimate of drug-likeness (QED) is 0.444. The number of aromatic nitrogens is 5. The Morgan fingerprint density at radius 2 is 1.61 bits per heavy atom. The van der Waals surface area contributed by atoms with Crippen molar-refractivity contribution in [3.05, 3.63) is 65.5 Å². The van der Waals surface area contributed by atoms with Gasteiger partial charge in [-0.15, -0.1) is 0 Å². The second kappa shape index (κ2) is 9.61. The Morgan fingerprint density at radius 3 is 2.03 bits per heavy atom. The van der Waals surface area contributed by atoms with Crippen molar-refractivity contribution >= 4 is 28.5 Å². The number of carbonyl (C=O) groups is 2. The van der Waals surface area contributed by atoms with Crippen molar-refractivity contribution in [2.24, 2.45) is 32.6 Å². The fraction of sp³-hybridized carbons (Fsp3) is 0.238. The van der Waals surface area contributed by atoms with Crippen LogP contribution in [0.1, 0.15) is 32.1 Å². The molecule has 0 unspecified atom stereocenters. The zero-order valence-corrected chi connectivity index (χ0v) is 18.3. The molecule has 0 aliphatic carbocycles. The van der Waals surface area contributed by atoms with Crippen LogP contribution in [-0.2, 0) is 21.1 Å². The second-order valence-electron chi connectivity index (χ2n) is 7.13. The normalized spacial score (nSPS) is 10.1. The summed E-state index contributed by atoms with van der Waals surface area (Å²) in [7, 11) is 5.50. The van der Waals surface area contributed by atoms with Gasteiger partial charge in [0.25, 0.3) is 11.8 Å². The number of rotatable bonds is 2. The molecule has 0 saturated carbocycles. The minimum atomic E-state index is -0.599. The number of aryl methyl sites for hydroxylation is 5. The number of hydrogen-bond acceptors (Lipinski definition) is 5. The Kier molecular flexibility index (Phi) is 7.19. The summed E-state index contributed by atoms with van der Waals surface area (Å²) in [5.74, 6) is -0.791. The average molecular weight is 425 g/mol. The van der Waals surface area contributed by atoms with Gasteiger partial charge in [0.2, 0.25) is 0 Å². The van der Waals surface area contributed by atoms with Crippen LogP contribution in [0.3, 0.4) is 0 Å².